The highest BCUT2D eigenvalue weighted by Crippen LogP contribution is 2.37. The molecule has 0 atom stereocenters. The summed E-state index contributed by atoms with van der Waals surface area (Å²) < 4.78 is 12.2. The monoisotopic (exact) mass is 353 g/mol. The summed E-state index contributed by atoms with van der Waals surface area (Å²) in [5.41, 5.74) is 2.75. The van der Waals surface area contributed by atoms with Gasteiger partial charge in [0.2, 0.25) is 0 Å². The lowest BCUT2D eigenvalue weighted by atomic mass is 9.69. The van der Waals surface area contributed by atoms with Gasteiger partial charge in [-0.3, -0.25) is 4.98 Å². The third-order valence-electron chi connectivity index (χ3n) is 5.32. The van der Waals surface area contributed by atoms with Crippen LogP contribution in [0.2, 0.25) is 0 Å². The minimum Gasteiger partial charge on any atom is -0.407 e. The van der Waals surface area contributed by atoms with Crippen molar-refractivity contribution in [2.24, 2.45) is 5.41 Å². The molecule has 0 N–H and O–H groups in total. The van der Waals surface area contributed by atoms with Crippen LogP contribution in [-0.2, 0) is 9.31 Å². The van der Waals surface area contributed by atoms with Gasteiger partial charge in [-0.25, -0.2) is 0 Å². The predicted octanol–water partition coefficient (Wildman–Crippen LogP) is 4.94. The Balaban J connectivity index is 2.17. The smallest absolute Gasteiger partial charge is 0.407 e. The van der Waals surface area contributed by atoms with Crippen LogP contribution in [0.3, 0.4) is 0 Å². The van der Waals surface area contributed by atoms with E-state index in [0.29, 0.717) is 6.61 Å². The number of rotatable bonds is 7. The molecule has 3 nitrogen and oxygen atoms in total. The lowest BCUT2D eigenvalue weighted by molar-refractivity contribution is -0.0937. The number of hydrogen-bond acceptors (Lipinski definition) is 3. The Bertz CT molecular complexity index is 659. The predicted molar refractivity (Wildman–Crippen MR) is 111 cm³/mol. The Morgan fingerprint density at radius 1 is 1.31 bits per heavy atom. The van der Waals surface area contributed by atoms with Gasteiger partial charge >= 0.3 is 7.12 Å². The number of nitrogens with zero attached hydrogens (tertiary/aromatic N) is 1. The van der Waals surface area contributed by atoms with Gasteiger partial charge in [-0.05, 0) is 31.9 Å². The molecule has 0 spiro atoms. The molecule has 1 aliphatic heterocycles. The molecule has 0 saturated carbocycles. The van der Waals surface area contributed by atoms with E-state index in [1.54, 1.807) is 6.08 Å². The van der Waals surface area contributed by atoms with Crippen LogP contribution < -0.4 is 5.46 Å². The van der Waals surface area contributed by atoms with Crippen LogP contribution in [0, 0.1) is 5.41 Å². The van der Waals surface area contributed by atoms with Crippen molar-refractivity contribution >= 4 is 18.2 Å². The van der Waals surface area contributed by atoms with Gasteiger partial charge in [0, 0.05) is 23.7 Å². The highest BCUT2D eigenvalue weighted by atomic mass is 16.6. The van der Waals surface area contributed by atoms with Crippen LogP contribution in [0.15, 0.2) is 49.2 Å². The zero-order valence-corrected chi connectivity index (χ0v) is 16.9. The normalized spacial score (nSPS) is 19.7. The first-order valence-electron chi connectivity index (χ1n) is 9.56. The highest BCUT2D eigenvalue weighted by Gasteiger charge is 2.46. The lowest BCUT2D eigenvalue weighted by Crippen LogP contribution is -2.58. The summed E-state index contributed by atoms with van der Waals surface area (Å²) in [5.74, 6) is 0. The van der Waals surface area contributed by atoms with Crippen molar-refractivity contribution in [3.05, 3.63) is 54.9 Å². The number of aromatic nitrogens is 1. The molecule has 0 unspecified atom stereocenters. The maximum absolute atomic E-state index is 6.22. The Hall–Kier alpha value is -1.65. The van der Waals surface area contributed by atoms with Crippen LogP contribution in [0.25, 0.3) is 5.57 Å². The molecule has 0 bridgehead atoms. The second-order valence-corrected chi connectivity index (χ2v) is 8.03. The molecule has 0 radical (unpaired) electrons. The first-order valence-corrected chi connectivity index (χ1v) is 9.56. The van der Waals surface area contributed by atoms with Crippen molar-refractivity contribution in [3.8, 4) is 0 Å². The molecule has 1 saturated heterocycles. The zero-order chi connectivity index (χ0) is 19.2. The van der Waals surface area contributed by atoms with Crippen LogP contribution in [0.1, 0.15) is 59.6 Å². The second kappa shape index (κ2) is 8.83. The maximum Gasteiger partial charge on any atom is 0.495 e. The van der Waals surface area contributed by atoms with Gasteiger partial charge in [0.15, 0.2) is 0 Å². The minimum atomic E-state index is -0.365. The van der Waals surface area contributed by atoms with Gasteiger partial charge in [-0.15, -0.1) is 0 Å². The fourth-order valence-corrected chi connectivity index (χ4v) is 2.69. The van der Waals surface area contributed by atoms with E-state index in [1.165, 1.54) is 12.8 Å². The van der Waals surface area contributed by atoms with Crippen LogP contribution in [0.5, 0.6) is 0 Å². The molecule has 4 heteroatoms. The van der Waals surface area contributed by atoms with Gasteiger partial charge < -0.3 is 9.31 Å². The fraction of sp³-hybridized carbons (Fsp3) is 0.500. The first kappa shape index (κ1) is 20.7. The van der Waals surface area contributed by atoms with Crippen molar-refractivity contribution in [2.75, 3.05) is 6.61 Å². The number of unbranched alkanes of at least 4 members (excludes halogenated alkanes) is 2. The quantitative estimate of drug-likeness (QED) is 0.395. The van der Waals surface area contributed by atoms with E-state index in [-0.39, 0.29) is 18.1 Å². The number of hydrogen-bond donors (Lipinski definition) is 0. The molecule has 1 aromatic rings. The van der Waals surface area contributed by atoms with Crippen molar-refractivity contribution in [3.63, 3.8) is 0 Å². The zero-order valence-electron chi connectivity index (χ0n) is 16.9. The molecular weight excluding hydrogens is 321 g/mol. The van der Waals surface area contributed by atoms with E-state index < -0.39 is 0 Å². The topological polar surface area (TPSA) is 31.4 Å². The average Bonchev–Trinajstić information content (AvgIpc) is 2.61. The Morgan fingerprint density at radius 3 is 2.65 bits per heavy atom. The van der Waals surface area contributed by atoms with Gasteiger partial charge in [0.25, 0.3) is 0 Å². The summed E-state index contributed by atoms with van der Waals surface area (Å²) in [7, 11) is -0.365. The third-order valence-corrected chi connectivity index (χ3v) is 5.32. The summed E-state index contributed by atoms with van der Waals surface area (Å²) in [5, 5.41) is 0. The van der Waals surface area contributed by atoms with Crippen molar-refractivity contribution in [1.82, 2.24) is 4.98 Å². The van der Waals surface area contributed by atoms with E-state index in [4.69, 9.17) is 9.31 Å². The lowest BCUT2D eigenvalue weighted by Gasteiger charge is -2.47. The highest BCUT2D eigenvalue weighted by molar-refractivity contribution is 6.61. The molecule has 1 fully saturated rings. The molecule has 1 aromatic heterocycles. The van der Waals surface area contributed by atoms with Gasteiger partial charge in [-0.2, -0.15) is 0 Å². The van der Waals surface area contributed by atoms with E-state index >= 15 is 0 Å². The molecule has 2 heterocycles. The van der Waals surface area contributed by atoms with Crippen LogP contribution in [-0.4, -0.2) is 24.3 Å². The Labute approximate surface area is 159 Å². The Kier molecular flexibility index (Phi) is 7.02. The van der Waals surface area contributed by atoms with Crippen molar-refractivity contribution in [1.29, 1.82) is 0 Å². The van der Waals surface area contributed by atoms with Gasteiger partial charge in [-0.1, -0.05) is 70.6 Å². The molecule has 2 rings (SSSR count). The minimum absolute atomic E-state index is 0.0263. The molecular formula is C22H32BNO2. The summed E-state index contributed by atoms with van der Waals surface area (Å²) in [6.45, 7) is 15.2. The summed E-state index contributed by atoms with van der Waals surface area (Å²) >= 11 is 0. The molecule has 26 heavy (non-hydrogen) atoms. The van der Waals surface area contributed by atoms with Crippen LogP contribution in [0.4, 0.5) is 0 Å². The van der Waals surface area contributed by atoms with E-state index in [1.807, 2.05) is 18.3 Å². The number of allylic oxidation sites excluding steroid dienone is 5. The molecule has 0 amide bonds. The fourth-order valence-electron chi connectivity index (χ4n) is 2.69. The van der Waals surface area contributed by atoms with E-state index in [2.05, 4.69) is 64.4 Å². The van der Waals surface area contributed by atoms with Crippen molar-refractivity contribution in [2.45, 2.75) is 59.5 Å². The third kappa shape index (κ3) is 4.96. The van der Waals surface area contributed by atoms with E-state index in [0.717, 1.165) is 23.2 Å². The Morgan fingerprint density at radius 2 is 2.08 bits per heavy atom. The average molecular weight is 353 g/mol. The molecule has 0 aromatic carbocycles. The van der Waals surface area contributed by atoms with Gasteiger partial charge in [0.05, 0.1) is 11.3 Å². The standard InChI is InChI=1S/C22H32BNO2/c1-7-9-11-13-18(12-10-8-2)20-15-14-19(16-24-20)23-25-17-21(3,4)22(5,6)26-23/h8,10,12-16H,2,7,9,11,17H2,1,3-6H3/b12-10-,18-13+. The largest absolute Gasteiger partial charge is 0.495 e. The van der Waals surface area contributed by atoms with Gasteiger partial charge in [0.1, 0.15) is 0 Å². The summed E-state index contributed by atoms with van der Waals surface area (Å²) in [6.07, 6.45) is 13.3. The molecule has 140 valence electrons. The van der Waals surface area contributed by atoms with Crippen molar-refractivity contribution < 1.29 is 9.31 Å². The SMILES string of the molecule is C=C/C=C\C(=C/CCCC)c1ccc(B2OCC(C)(C)C(C)(C)O2)cn1. The number of pyridine rings is 1. The summed E-state index contributed by atoms with van der Waals surface area (Å²) in [4.78, 5) is 4.66. The maximum atomic E-state index is 6.22. The molecule has 1 aliphatic rings. The first-order chi connectivity index (χ1) is 12.3. The van der Waals surface area contributed by atoms with E-state index in [9.17, 15) is 0 Å². The van der Waals surface area contributed by atoms with Crippen LogP contribution >= 0.6 is 0 Å². The summed E-state index contributed by atoms with van der Waals surface area (Å²) in [6, 6.07) is 4.09. The molecule has 0 aliphatic carbocycles. The second-order valence-electron chi connectivity index (χ2n) is 8.03.